The second kappa shape index (κ2) is 10.5. The maximum Gasteiger partial charge on any atom is 0.435 e. The number of carbonyl (C=O) groups is 1. The number of anilines is 1. The summed E-state index contributed by atoms with van der Waals surface area (Å²) in [6.45, 7) is 8.47. The first-order valence-corrected chi connectivity index (χ1v) is 13.9. The molecule has 40 heavy (non-hydrogen) atoms. The lowest BCUT2D eigenvalue weighted by molar-refractivity contribution is 0.0523. The number of nitrogens with zero attached hydrogens (tertiary/aromatic N) is 5. The number of aromatic nitrogens is 2. The second-order valence-corrected chi connectivity index (χ2v) is 12.2. The molecule has 0 aliphatic carbocycles. The summed E-state index contributed by atoms with van der Waals surface area (Å²) in [5.74, 6) is -2.49. The highest BCUT2D eigenvalue weighted by molar-refractivity contribution is 7.91. The predicted octanol–water partition coefficient (Wildman–Crippen LogP) is 5.40. The van der Waals surface area contributed by atoms with E-state index in [9.17, 15) is 28.1 Å². The van der Waals surface area contributed by atoms with E-state index >= 15 is 0 Å². The fourth-order valence-electron chi connectivity index (χ4n) is 4.54. The van der Waals surface area contributed by atoms with E-state index in [2.05, 4.69) is 27.0 Å². The Morgan fingerprint density at radius 1 is 1.15 bits per heavy atom. The quantitative estimate of drug-likeness (QED) is 0.437. The number of fused-ring (bicyclic) bond motifs is 1. The standard InChI is InChI=1S/C28H27FN6O4S/c1-16-22(13-30)25(23(14-31)17(2)32-16)19-8-11-24-21(12-19)26(33-35(24)27(36)39-28(3,4)5)34-40(37,38)15-18-6-9-20(29)10-7-18/h6-12,22,25H,15H2,1-5H3,(H,33,34). The third-order valence-electron chi connectivity index (χ3n) is 6.24. The summed E-state index contributed by atoms with van der Waals surface area (Å²) in [4.78, 5) is 17.4. The summed E-state index contributed by atoms with van der Waals surface area (Å²) < 4.78 is 48.4. The van der Waals surface area contributed by atoms with Crippen LogP contribution in [0.1, 0.15) is 51.7 Å². The zero-order valence-electron chi connectivity index (χ0n) is 22.6. The molecule has 10 nitrogen and oxygen atoms in total. The molecule has 0 spiro atoms. The monoisotopic (exact) mass is 562 g/mol. The molecule has 12 heteroatoms. The van der Waals surface area contributed by atoms with Gasteiger partial charge in [-0.1, -0.05) is 18.2 Å². The van der Waals surface area contributed by atoms with Gasteiger partial charge in [0.2, 0.25) is 10.0 Å². The van der Waals surface area contributed by atoms with Gasteiger partial charge >= 0.3 is 6.09 Å². The molecule has 206 valence electrons. The van der Waals surface area contributed by atoms with Crippen LogP contribution in [0.4, 0.5) is 15.0 Å². The smallest absolute Gasteiger partial charge is 0.435 e. The van der Waals surface area contributed by atoms with Crippen LogP contribution in [0.5, 0.6) is 0 Å². The maximum absolute atomic E-state index is 13.3. The highest BCUT2D eigenvalue weighted by atomic mass is 32.2. The third kappa shape index (κ3) is 5.87. The number of hydrogen-bond donors (Lipinski definition) is 1. The van der Waals surface area contributed by atoms with Gasteiger partial charge in [0.15, 0.2) is 5.82 Å². The average molecular weight is 563 g/mol. The summed E-state index contributed by atoms with van der Waals surface area (Å²) >= 11 is 0. The molecule has 4 rings (SSSR count). The number of nitriles is 2. The number of sulfonamides is 1. The number of halogens is 1. The summed E-state index contributed by atoms with van der Waals surface area (Å²) in [6, 6.07) is 14.3. The second-order valence-electron chi connectivity index (χ2n) is 10.5. The molecule has 0 amide bonds. The highest BCUT2D eigenvalue weighted by Gasteiger charge is 2.35. The van der Waals surface area contributed by atoms with Crippen molar-refractivity contribution in [3.05, 3.63) is 70.7 Å². The molecule has 2 atom stereocenters. The Kier molecular flexibility index (Phi) is 7.50. The predicted molar refractivity (Wildman–Crippen MR) is 147 cm³/mol. The minimum atomic E-state index is -4.06. The summed E-state index contributed by atoms with van der Waals surface area (Å²) in [7, 11) is -4.06. The van der Waals surface area contributed by atoms with Gasteiger partial charge in [-0.2, -0.15) is 15.2 Å². The zero-order valence-corrected chi connectivity index (χ0v) is 23.4. The first kappa shape index (κ1) is 28.5. The van der Waals surface area contributed by atoms with E-state index in [1.807, 2.05) is 0 Å². The van der Waals surface area contributed by atoms with Crippen molar-refractivity contribution in [3.63, 3.8) is 0 Å². The van der Waals surface area contributed by atoms with Crippen LogP contribution in [-0.4, -0.2) is 35.6 Å². The van der Waals surface area contributed by atoms with Crippen LogP contribution < -0.4 is 4.72 Å². The van der Waals surface area contributed by atoms with E-state index in [1.54, 1.807) is 52.8 Å². The van der Waals surface area contributed by atoms with E-state index in [0.29, 0.717) is 28.1 Å². The minimum absolute atomic E-state index is 0.140. The fourth-order valence-corrected chi connectivity index (χ4v) is 5.69. The van der Waals surface area contributed by atoms with Crippen molar-refractivity contribution >= 4 is 38.5 Å². The average Bonchev–Trinajstić information content (AvgIpc) is 3.21. The van der Waals surface area contributed by atoms with Crippen LogP contribution in [0.3, 0.4) is 0 Å². The first-order chi connectivity index (χ1) is 18.7. The molecule has 1 N–H and O–H groups in total. The molecule has 0 saturated heterocycles. The number of benzene rings is 2. The van der Waals surface area contributed by atoms with Crippen molar-refractivity contribution < 1.29 is 22.3 Å². The van der Waals surface area contributed by atoms with Crippen molar-refractivity contribution in [2.45, 2.75) is 51.9 Å². The van der Waals surface area contributed by atoms with Gasteiger partial charge in [0, 0.05) is 17.0 Å². The zero-order chi connectivity index (χ0) is 29.4. The number of carbonyl (C=O) groups excluding carboxylic acids is 1. The Labute approximate surface area is 231 Å². The Balaban J connectivity index is 1.85. The molecule has 2 unspecified atom stereocenters. The molecular formula is C28H27FN6O4S. The van der Waals surface area contributed by atoms with Crippen LogP contribution in [0.15, 0.2) is 58.7 Å². The van der Waals surface area contributed by atoms with Gasteiger partial charge in [0.05, 0.1) is 40.6 Å². The topological polar surface area (TPSA) is 150 Å². The van der Waals surface area contributed by atoms with Gasteiger partial charge in [-0.3, -0.25) is 9.71 Å². The number of hydrogen-bond acceptors (Lipinski definition) is 8. The van der Waals surface area contributed by atoms with Crippen LogP contribution in [0.2, 0.25) is 0 Å². The number of ether oxygens (including phenoxy) is 1. The van der Waals surface area contributed by atoms with Crippen molar-refractivity contribution in [2.24, 2.45) is 10.9 Å². The lowest BCUT2D eigenvalue weighted by Crippen LogP contribution is -2.28. The third-order valence-corrected chi connectivity index (χ3v) is 7.46. The molecule has 3 aromatic rings. The largest absolute Gasteiger partial charge is 0.442 e. The van der Waals surface area contributed by atoms with Crippen molar-refractivity contribution in [3.8, 4) is 12.1 Å². The lowest BCUT2D eigenvalue weighted by atomic mass is 9.76. The Hall–Kier alpha value is -4.55. The van der Waals surface area contributed by atoms with Crippen LogP contribution in [0.25, 0.3) is 10.9 Å². The minimum Gasteiger partial charge on any atom is -0.442 e. The Bertz CT molecular complexity index is 1750. The molecule has 0 fully saturated rings. The maximum atomic E-state index is 13.3. The summed E-state index contributed by atoms with van der Waals surface area (Å²) in [5.41, 5.74) is 1.65. The van der Waals surface area contributed by atoms with Crippen LogP contribution in [0, 0.1) is 34.4 Å². The fraction of sp³-hybridized carbons (Fsp3) is 0.321. The van der Waals surface area contributed by atoms with Crippen LogP contribution in [-0.2, 0) is 20.5 Å². The van der Waals surface area contributed by atoms with E-state index in [-0.39, 0.29) is 16.7 Å². The van der Waals surface area contributed by atoms with E-state index < -0.39 is 45.1 Å². The van der Waals surface area contributed by atoms with Crippen molar-refractivity contribution in [1.82, 2.24) is 9.78 Å². The van der Waals surface area contributed by atoms with E-state index in [1.165, 1.54) is 12.1 Å². The van der Waals surface area contributed by atoms with Gasteiger partial charge in [0.25, 0.3) is 0 Å². The lowest BCUT2D eigenvalue weighted by Gasteiger charge is -2.26. The molecule has 1 aromatic heterocycles. The number of nitrogens with one attached hydrogen (secondary N) is 1. The van der Waals surface area contributed by atoms with E-state index in [0.717, 1.165) is 16.8 Å². The molecule has 2 heterocycles. The number of rotatable bonds is 5. The highest BCUT2D eigenvalue weighted by Crippen LogP contribution is 2.40. The van der Waals surface area contributed by atoms with Gasteiger partial charge < -0.3 is 4.74 Å². The summed E-state index contributed by atoms with van der Waals surface area (Å²) in [5, 5.41) is 24.3. The molecular weight excluding hydrogens is 535 g/mol. The van der Waals surface area contributed by atoms with Crippen molar-refractivity contribution in [1.29, 1.82) is 10.5 Å². The molecule has 1 aliphatic rings. The van der Waals surface area contributed by atoms with Gasteiger partial charge in [-0.15, -0.1) is 5.10 Å². The molecule has 0 radical (unpaired) electrons. The molecule has 2 aromatic carbocycles. The Morgan fingerprint density at radius 2 is 1.82 bits per heavy atom. The van der Waals surface area contributed by atoms with Crippen molar-refractivity contribution in [2.75, 3.05) is 4.72 Å². The normalized spacial score (nSPS) is 17.6. The molecule has 0 bridgehead atoms. The Morgan fingerprint density at radius 3 is 2.42 bits per heavy atom. The van der Waals surface area contributed by atoms with Crippen LogP contribution >= 0.6 is 0 Å². The van der Waals surface area contributed by atoms with Gasteiger partial charge in [0.1, 0.15) is 11.4 Å². The first-order valence-electron chi connectivity index (χ1n) is 12.3. The molecule has 0 saturated carbocycles. The van der Waals surface area contributed by atoms with Gasteiger partial charge in [-0.05, 0) is 70.0 Å². The summed E-state index contributed by atoms with van der Waals surface area (Å²) in [6.07, 6.45) is -0.821. The van der Waals surface area contributed by atoms with E-state index in [4.69, 9.17) is 4.74 Å². The van der Waals surface area contributed by atoms with Gasteiger partial charge in [-0.25, -0.2) is 17.6 Å². The number of aliphatic imine (C=N–C) groups is 1. The SMILES string of the molecule is CC1=NC(C)=C(C#N)C(c2ccc3c(c2)c(NS(=O)(=O)Cc2ccc(F)cc2)nn3C(=O)OC(C)(C)C)C1C#N. The number of allylic oxidation sites excluding steroid dienone is 2. The molecule has 1 aliphatic heterocycles.